The number of aromatic nitrogens is 1. The highest BCUT2D eigenvalue weighted by Gasteiger charge is 2.16. The lowest BCUT2D eigenvalue weighted by molar-refractivity contribution is 0.103. The van der Waals surface area contributed by atoms with Crippen LogP contribution in [0.1, 0.15) is 39.0 Å². The highest BCUT2D eigenvalue weighted by Crippen LogP contribution is 2.18. The van der Waals surface area contributed by atoms with Crippen LogP contribution in [0.25, 0.3) is 0 Å². The molecule has 0 fully saturated rings. The lowest BCUT2D eigenvalue weighted by Gasteiger charge is -2.03. The number of aldehydes is 1. The Morgan fingerprint density at radius 3 is 2.53 bits per heavy atom. The van der Waals surface area contributed by atoms with E-state index < -0.39 is 0 Å². The standard InChI is InChI=1S/C15H15NO3/c1-3-14-13(8-11(9-17)16-14)15(18)10-4-6-12(19-2)7-5-10/h4-9,16H,3H2,1-2H3. The molecule has 0 saturated carbocycles. The highest BCUT2D eigenvalue weighted by molar-refractivity contribution is 6.10. The second-order valence-corrected chi connectivity index (χ2v) is 4.15. The third-order valence-electron chi connectivity index (χ3n) is 3.00. The van der Waals surface area contributed by atoms with Gasteiger partial charge in [0.15, 0.2) is 12.1 Å². The largest absolute Gasteiger partial charge is 0.497 e. The maximum atomic E-state index is 12.4. The van der Waals surface area contributed by atoms with E-state index in [1.54, 1.807) is 37.4 Å². The Morgan fingerprint density at radius 1 is 1.32 bits per heavy atom. The average Bonchev–Trinajstić information content (AvgIpc) is 2.90. The fourth-order valence-corrected chi connectivity index (χ4v) is 1.96. The summed E-state index contributed by atoms with van der Waals surface area (Å²) >= 11 is 0. The summed E-state index contributed by atoms with van der Waals surface area (Å²) in [5, 5.41) is 0. The van der Waals surface area contributed by atoms with Crippen LogP contribution in [-0.4, -0.2) is 24.2 Å². The summed E-state index contributed by atoms with van der Waals surface area (Å²) in [7, 11) is 1.58. The molecule has 0 aliphatic heterocycles. The van der Waals surface area contributed by atoms with Crippen molar-refractivity contribution in [2.75, 3.05) is 7.11 Å². The number of nitrogens with one attached hydrogen (secondary N) is 1. The first-order valence-corrected chi connectivity index (χ1v) is 6.05. The topological polar surface area (TPSA) is 59.2 Å². The smallest absolute Gasteiger partial charge is 0.194 e. The van der Waals surface area contributed by atoms with Gasteiger partial charge >= 0.3 is 0 Å². The Morgan fingerprint density at radius 2 is 2.00 bits per heavy atom. The number of benzene rings is 1. The maximum absolute atomic E-state index is 12.4. The molecular weight excluding hydrogens is 242 g/mol. The van der Waals surface area contributed by atoms with Crippen LogP contribution in [0.4, 0.5) is 0 Å². The van der Waals surface area contributed by atoms with Crippen molar-refractivity contribution in [1.29, 1.82) is 0 Å². The number of hydrogen-bond acceptors (Lipinski definition) is 3. The molecule has 0 saturated heterocycles. The molecule has 0 aliphatic rings. The van der Waals surface area contributed by atoms with Crippen molar-refractivity contribution in [2.45, 2.75) is 13.3 Å². The molecule has 1 aromatic heterocycles. The van der Waals surface area contributed by atoms with E-state index in [1.165, 1.54) is 0 Å². The van der Waals surface area contributed by atoms with Crippen molar-refractivity contribution in [3.63, 3.8) is 0 Å². The zero-order chi connectivity index (χ0) is 13.8. The molecule has 2 aromatic rings. The van der Waals surface area contributed by atoms with E-state index in [9.17, 15) is 9.59 Å². The molecule has 0 bridgehead atoms. The predicted octanol–water partition coefficient (Wildman–Crippen LogP) is 2.63. The first kappa shape index (κ1) is 13.1. The first-order chi connectivity index (χ1) is 9.19. The van der Waals surface area contributed by atoms with E-state index in [0.717, 1.165) is 5.69 Å². The number of carbonyl (C=O) groups is 2. The zero-order valence-electron chi connectivity index (χ0n) is 10.9. The number of H-pyrrole nitrogens is 1. The van der Waals surface area contributed by atoms with Crippen molar-refractivity contribution < 1.29 is 14.3 Å². The van der Waals surface area contributed by atoms with Gasteiger partial charge in [0.25, 0.3) is 0 Å². The van der Waals surface area contributed by atoms with Crippen LogP contribution < -0.4 is 4.74 Å². The summed E-state index contributed by atoms with van der Waals surface area (Å²) in [6.45, 7) is 1.94. The van der Waals surface area contributed by atoms with E-state index in [1.807, 2.05) is 6.92 Å². The lowest BCUT2D eigenvalue weighted by Crippen LogP contribution is -2.03. The van der Waals surface area contributed by atoms with Crippen molar-refractivity contribution >= 4 is 12.1 Å². The second kappa shape index (κ2) is 5.52. The third-order valence-corrected chi connectivity index (χ3v) is 3.00. The van der Waals surface area contributed by atoms with Gasteiger partial charge in [-0.2, -0.15) is 0 Å². The third kappa shape index (κ3) is 2.57. The van der Waals surface area contributed by atoms with Crippen molar-refractivity contribution in [1.82, 2.24) is 4.98 Å². The number of hydrogen-bond donors (Lipinski definition) is 1. The Balaban J connectivity index is 2.37. The monoisotopic (exact) mass is 257 g/mol. The van der Waals surface area contributed by atoms with Gasteiger partial charge in [0.2, 0.25) is 0 Å². The molecule has 0 aliphatic carbocycles. The normalized spacial score (nSPS) is 10.2. The molecule has 0 radical (unpaired) electrons. The Labute approximate surface area is 111 Å². The van der Waals surface area contributed by atoms with Gasteiger partial charge < -0.3 is 9.72 Å². The summed E-state index contributed by atoms with van der Waals surface area (Å²) in [6.07, 6.45) is 1.38. The van der Waals surface area contributed by atoms with Gasteiger partial charge in [-0.15, -0.1) is 0 Å². The summed E-state index contributed by atoms with van der Waals surface area (Å²) in [5.74, 6) is 0.610. The number of carbonyl (C=O) groups excluding carboxylic acids is 2. The minimum atomic E-state index is -0.0937. The molecule has 1 N–H and O–H groups in total. The SMILES string of the molecule is CCc1[nH]c(C=O)cc1C(=O)c1ccc(OC)cc1. The second-order valence-electron chi connectivity index (χ2n) is 4.15. The molecule has 0 spiro atoms. The van der Waals surface area contributed by atoms with Crippen LogP contribution in [0.15, 0.2) is 30.3 Å². The van der Waals surface area contributed by atoms with E-state index in [0.29, 0.717) is 35.3 Å². The summed E-state index contributed by atoms with van der Waals surface area (Å²) < 4.78 is 5.06. The average molecular weight is 257 g/mol. The number of aryl methyl sites for hydroxylation is 1. The van der Waals surface area contributed by atoms with Gasteiger partial charge in [0.1, 0.15) is 5.75 Å². The number of aromatic amines is 1. The number of methoxy groups -OCH3 is 1. The van der Waals surface area contributed by atoms with Gasteiger partial charge in [0, 0.05) is 16.8 Å². The summed E-state index contributed by atoms with van der Waals surface area (Å²) in [4.78, 5) is 26.1. The first-order valence-electron chi connectivity index (χ1n) is 6.05. The molecule has 0 amide bonds. The molecule has 0 unspecified atom stereocenters. The quantitative estimate of drug-likeness (QED) is 0.661. The minimum Gasteiger partial charge on any atom is -0.497 e. The van der Waals surface area contributed by atoms with Gasteiger partial charge in [-0.05, 0) is 36.8 Å². The van der Waals surface area contributed by atoms with Crippen LogP contribution in [-0.2, 0) is 6.42 Å². The molecule has 0 atom stereocenters. The number of ether oxygens (including phenoxy) is 1. The van der Waals surface area contributed by atoms with E-state index >= 15 is 0 Å². The van der Waals surface area contributed by atoms with E-state index in [-0.39, 0.29) is 5.78 Å². The lowest BCUT2D eigenvalue weighted by atomic mass is 10.0. The van der Waals surface area contributed by atoms with Gasteiger partial charge in [0.05, 0.1) is 12.8 Å². The van der Waals surface area contributed by atoms with Crippen LogP contribution in [0.5, 0.6) is 5.75 Å². The Bertz CT molecular complexity index is 596. The molecule has 2 rings (SSSR count). The maximum Gasteiger partial charge on any atom is 0.194 e. The number of rotatable bonds is 5. The summed E-state index contributed by atoms with van der Waals surface area (Å²) in [5.41, 5.74) is 2.33. The van der Waals surface area contributed by atoms with Gasteiger partial charge in [-0.3, -0.25) is 9.59 Å². The van der Waals surface area contributed by atoms with Gasteiger partial charge in [-0.1, -0.05) is 6.92 Å². The molecule has 19 heavy (non-hydrogen) atoms. The molecule has 4 nitrogen and oxygen atoms in total. The molecule has 98 valence electrons. The molecule has 1 heterocycles. The van der Waals surface area contributed by atoms with E-state index in [4.69, 9.17) is 4.74 Å². The minimum absolute atomic E-state index is 0.0937. The molecule has 4 heteroatoms. The van der Waals surface area contributed by atoms with Gasteiger partial charge in [-0.25, -0.2) is 0 Å². The van der Waals surface area contributed by atoms with Crippen molar-refractivity contribution in [3.8, 4) is 5.75 Å². The number of ketones is 1. The van der Waals surface area contributed by atoms with Crippen LogP contribution in [0.2, 0.25) is 0 Å². The fraction of sp³-hybridized carbons (Fsp3) is 0.200. The summed E-state index contributed by atoms with van der Waals surface area (Å²) in [6, 6.07) is 8.51. The van der Waals surface area contributed by atoms with Crippen LogP contribution >= 0.6 is 0 Å². The van der Waals surface area contributed by atoms with Crippen molar-refractivity contribution in [2.24, 2.45) is 0 Å². The predicted molar refractivity (Wildman–Crippen MR) is 72.0 cm³/mol. The Kier molecular flexibility index (Phi) is 3.80. The molecule has 1 aromatic carbocycles. The van der Waals surface area contributed by atoms with Crippen LogP contribution in [0, 0.1) is 0 Å². The Hall–Kier alpha value is -2.36. The highest BCUT2D eigenvalue weighted by atomic mass is 16.5. The van der Waals surface area contributed by atoms with Crippen LogP contribution in [0.3, 0.4) is 0 Å². The zero-order valence-corrected chi connectivity index (χ0v) is 10.9. The van der Waals surface area contributed by atoms with E-state index in [2.05, 4.69) is 4.98 Å². The molecular formula is C15H15NO3. The fourth-order valence-electron chi connectivity index (χ4n) is 1.96. The van der Waals surface area contributed by atoms with Crippen molar-refractivity contribution in [3.05, 3.63) is 52.8 Å².